The van der Waals surface area contributed by atoms with E-state index in [1.165, 1.54) is 25.7 Å². The van der Waals surface area contributed by atoms with Crippen molar-refractivity contribution in [2.75, 3.05) is 14.2 Å². The molecule has 19 heavy (non-hydrogen) atoms. The van der Waals surface area contributed by atoms with Gasteiger partial charge in [-0.1, -0.05) is 44.9 Å². The summed E-state index contributed by atoms with van der Waals surface area (Å²) in [7, 11) is 3.42. The van der Waals surface area contributed by atoms with Crippen LogP contribution in [-0.2, 0) is 4.74 Å². The second-order valence-corrected chi connectivity index (χ2v) is 4.86. The molecule has 2 heteroatoms. The number of ether oxygens (including phenoxy) is 2. The molecule has 0 radical (unpaired) electrons. The largest absolute Gasteiger partial charge is 0.497 e. The number of hydrogen-bond acceptors (Lipinski definition) is 2. The standard InChI is InChI=1S/C17H26O2/c1-5-6-7-8-9-14(2)17(19-4)15-10-12-16(18-3)13-11-15/h10-13,17H,2,5-9H2,1,3-4H3. The lowest BCUT2D eigenvalue weighted by atomic mass is 9.97. The third-order valence-electron chi connectivity index (χ3n) is 3.38. The first kappa shape index (κ1) is 15.8. The van der Waals surface area contributed by atoms with E-state index >= 15 is 0 Å². The lowest BCUT2D eigenvalue weighted by Gasteiger charge is -2.19. The third kappa shape index (κ3) is 5.07. The molecule has 0 bridgehead atoms. The molecule has 1 unspecified atom stereocenters. The van der Waals surface area contributed by atoms with Crippen LogP contribution >= 0.6 is 0 Å². The van der Waals surface area contributed by atoms with Crippen LogP contribution in [0.2, 0.25) is 0 Å². The highest BCUT2D eigenvalue weighted by molar-refractivity contribution is 5.31. The van der Waals surface area contributed by atoms with Gasteiger partial charge >= 0.3 is 0 Å². The Hall–Kier alpha value is -1.28. The second kappa shape index (κ2) is 8.76. The molecule has 0 amide bonds. The van der Waals surface area contributed by atoms with Crippen LogP contribution in [0.5, 0.6) is 5.75 Å². The molecule has 0 aliphatic carbocycles. The van der Waals surface area contributed by atoms with Crippen molar-refractivity contribution in [3.8, 4) is 5.75 Å². The maximum absolute atomic E-state index is 5.59. The van der Waals surface area contributed by atoms with Crippen LogP contribution in [0.3, 0.4) is 0 Å². The average molecular weight is 262 g/mol. The summed E-state index contributed by atoms with van der Waals surface area (Å²) in [6, 6.07) is 8.02. The zero-order valence-electron chi connectivity index (χ0n) is 12.4. The molecular weight excluding hydrogens is 236 g/mol. The van der Waals surface area contributed by atoms with E-state index in [1.807, 2.05) is 24.3 Å². The first-order valence-electron chi connectivity index (χ1n) is 7.07. The number of hydrogen-bond donors (Lipinski definition) is 0. The normalized spacial score (nSPS) is 12.2. The summed E-state index contributed by atoms with van der Waals surface area (Å²) in [5.41, 5.74) is 2.30. The minimum Gasteiger partial charge on any atom is -0.497 e. The predicted molar refractivity (Wildman–Crippen MR) is 80.6 cm³/mol. The maximum Gasteiger partial charge on any atom is 0.118 e. The molecule has 0 aliphatic heterocycles. The summed E-state index contributed by atoms with van der Waals surface area (Å²) in [4.78, 5) is 0. The second-order valence-electron chi connectivity index (χ2n) is 4.86. The monoisotopic (exact) mass is 262 g/mol. The topological polar surface area (TPSA) is 18.5 Å². The van der Waals surface area contributed by atoms with Gasteiger partial charge < -0.3 is 9.47 Å². The summed E-state index contributed by atoms with van der Waals surface area (Å²) in [6.45, 7) is 6.41. The summed E-state index contributed by atoms with van der Waals surface area (Å²) in [5.74, 6) is 0.868. The van der Waals surface area contributed by atoms with Gasteiger partial charge in [0.05, 0.1) is 7.11 Å². The highest BCUT2D eigenvalue weighted by atomic mass is 16.5. The van der Waals surface area contributed by atoms with Crippen LogP contribution < -0.4 is 4.74 Å². The first-order valence-corrected chi connectivity index (χ1v) is 7.07. The van der Waals surface area contributed by atoms with E-state index in [1.54, 1.807) is 14.2 Å². The molecule has 2 nitrogen and oxygen atoms in total. The Balaban J connectivity index is 2.57. The molecule has 1 rings (SSSR count). The number of unbranched alkanes of at least 4 members (excludes halogenated alkanes) is 3. The van der Waals surface area contributed by atoms with Gasteiger partial charge in [0.15, 0.2) is 0 Å². The van der Waals surface area contributed by atoms with Crippen LogP contribution in [0.25, 0.3) is 0 Å². The van der Waals surface area contributed by atoms with Crippen LogP contribution in [0.15, 0.2) is 36.4 Å². The molecule has 0 saturated heterocycles. The van der Waals surface area contributed by atoms with Crippen LogP contribution in [0, 0.1) is 0 Å². The minimum absolute atomic E-state index is 0.00691. The fourth-order valence-corrected chi connectivity index (χ4v) is 2.23. The van der Waals surface area contributed by atoms with Gasteiger partial charge in [-0.3, -0.25) is 0 Å². The molecule has 106 valence electrons. The number of rotatable bonds is 9. The minimum atomic E-state index is -0.00691. The van der Waals surface area contributed by atoms with Gasteiger partial charge in [-0.2, -0.15) is 0 Å². The molecule has 0 aromatic heterocycles. The van der Waals surface area contributed by atoms with E-state index in [2.05, 4.69) is 13.5 Å². The van der Waals surface area contributed by atoms with Crippen LogP contribution in [-0.4, -0.2) is 14.2 Å². The van der Waals surface area contributed by atoms with Gasteiger partial charge in [-0.25, -0.2) is 0 Å². The first-order chi connectivity index (χ1) is 9.22. The Bertz CT molecular complexity index is 367. The predicted octanol–water partition coefficient (Wildman–Crippen LogP) is 4.91. The van der Waals surface area contributed by atoms with Crippen molar-refractivity contribution < 1.29 is 9.47 Å². The molecule has 0 heterocycles. The summed E-state index contributed by atoms with van der Waals surface area (Å²) < 4.78 is 10.8. The van der Waals surface area contributed by atoms with Crippen molar-refractivity contribution in [3.63, 3.8) is 0 Å². The Morgan fingerprint density at radius 2 is 1.79 bits per heavy atom. The quantitative estimate of drug-likeness (QED) is 0.465. The smallest absolute Gasteiger partial charge is 0.118 e. The lowest BCUT2D eigenvalue weighted by molar-refractivity contribution is 0.130. The van der Waals surface area contributed by atoms with Crippen molar-refractivity contribution in [1.82, 2.24) is 0 Å². The third-order valence-corrected chi connectivity index (χ3v) is 3.38. The molecule has 0 N–H and O–H groups in total. The van der Waals surface area contributed by atoms with Gasteiger partial charge in [0, 0.05) is 7.11 Å². The van der Waals surface area contributed by atoms with E-state index in [-0.39, 0.29) is 6.10 Å². The molecule has 0 spiro atoms. The molecule has 0 aliphatic rings. The van der Waals surface area contributed by atoms with Crippen molar-refractivity contribution in [2.45, 2.75) is 45.1 Å². The molecule has 0 fully saturated rings. The lowest BCUT2D eigenvalue weighted by Crippen LogP contribution is -2.04. The Morgan fingerprint density at radius 3 is 2.32 bits per heavy atom. The van der Waals surface area contributed by atoms with E-state index in [0.29, 0.717) is 0 Å². The molecule has 1 aromatic carbocycles. The maximum atomic E-state index is 5.59. The van der Waals surface area contributed by atoms with Crippen molar-refractivity contribution in [3.05, 3.63) is 42.0 Å². The van der Waals surface area contributed by atoms with E-state index < -0.39 is 0 Å². The average Bonchev–Trinajstić information content (AvgIpc) is 2.45. The highest BCUT2D eigenvalue weighted by Crippen LogP contribution is 2.28. The number of methoxy groups -OCH3 is 2. The fourth-order valence-electron chi connectivity index (χ4n) is 2.23. The summed E-state index contributed by atoms with van der Waals surface area (Å²) in [6.07, 6.45) is 6.06. The fraction of sp³-hybridized carbons (Fsp3) is 0.529. The Labute approximate surface area is 117 Å². The molecule has 1 atom stereocenters. The Morgan fingerprint density at radius 1 is 1.11 bits per heavy atom. The van der Waals surface area contributed by atoms with Gasteiger partial charge in [0.25, 0.3) is 0 Å². The Kier molecular flexibility index (Phi) is 7.27. The molecule has 0 saturated carbocycles. The van der Waals surface area contributed by atoms with Crippen LogP contribution in [0.4, 0.5) is 0 Å². The van der Waals surface area contributed by atoms with Crippen LogP contribution in [0.1, 0.15) is 50.7 Å². The zero-order valence-corrected chi connectivity index (χ0v) is 12.4. The van der Waals surface area contributed by atoms with E-state index in [9.17, 15) is 0 Å². The van der Waals surface area contributed by atoms with E-state index in [0.717, 1.165) is 23.3 Å². The van der Waals surface area contributed by atoms with Crippen molar-refractivity contribution in [2.24, 2.45) is 0 Å². The molecule has 1 aromatic rings. The molecular formula is C17H26O2. The number of benzene rings is 1. The zero-order chi connectivity index (χ0) is 14.1. The summed E-state index contributed by atoms with van der Waals surface area (Å²) in [5, 5.41) is 0. The highest BCUT2D eigenvalue weighted by Gasteiger charge is 2.14. The SMILES string of the molecule is C=C(CCCCCC)C(OC)c1ccc(OC)cc1. The van der Waals surface area contributed by atoms with Crippen molar-refractivity contribution in [1.29, 1.82) is 0 Å². The van der Waals surface area contributed by atoms with Crippen molar-refractivity contribution >= 4 is 0 Å². The van der Waals surface area contributed by atoms with Gasteiger partial charge in [0.1, 0.15) is 11.9 Å². The van der Waals surface area contributed by atoms with Gasteiger partial charge in [-0.05, 0) is 36.1 Å². The van der Waals surface area contributed by atoms with E-state index in [4.69, 9.17) is 9.47 Å². The van der Waals surface area contributed by atoms with Gasteiger partial charge in [0.2, 0.25) is 0 Å². The summed E-state index contributed by atoms with van der Waals surface area (Å²) >= 11 is 0. The van der Waals surface area contributed by atoms with Gasteiger partial charge in [-0.15, -0.1) is 0 Å².